The number of fused-ring (bicyclic) bond motifs is 2. The van der Waals surface area contributed by atoms with Crippen LogP contribution in [-0.2, 0) is 11.2 Å². The van der Waals surface area contributed by atoms with E-state index in [1.165, 1.54) is 11.1 Å². The Bertz CT molecular complexity index is 939. The molecule has 0 saturated carbocycles. The third kappa shape index (κ3) is 3.07. The third-order valence-electron chi connectivity index (χ3n) is 5.86. The Balaban J connectivity index is 1.21. The maximum absolute atomic E-state index is 12.8. The zero-order chi connectivity index (χ0) is 18.2. The minimum atomic E-state index is 0.272. The predicted molar refractivity (Wildman–Crippen MR) is 105 cm³/mol. The maximum Gasteiger partial charge on any atom is 0.298 e. The third-order valence-corrected chi connectivity index (χ3v) is 5.86. The lowest BCUT2D eigenvalue weighted by Gasteiger charge is -2.34. The van der Waals surface area contributed by atoms with Gasteiger partial charge in [-0.05, 0) is 42.0 Å². The molecular weight excluding hydrogens is 338 g/mol. The number of benzene rings is 2. The molecule has 5 nitrogen and oxygen atoms in total. The van der Waals surface area contributed by atoms with Crippen molar-refractivity contribution in [3.8, 4) is 0 Å². The van der Waals surface area contributed by atoms with Gasteiger partial charge in [0.1, 0.15) is 5.52 Å². The number of oxazole rings is 1. The molecule has 2 heterocycles. The molecule has 1 saturated heterocycles. The van der Waals surface area contributed by atoms with Crippen molar-refractivity contribution < 1.29 is 9.21 Å². The van der Waals surface area contributed by atoms with Crippen LogP contribution in [-0.4, -0.2) is 42.0 Å². The van der Waals surface area contributed by atoms with Crippen molar-refractivity contribution in [3.63, 3.8) is 0 Å². The first-order chi connectivity index (χ1) is 13.3. The Hall–Kier alpha value is -2.82. The number of hydrogen-bond donors (Lipinski definition) is 0. The van der Waals surface area contributed by atoms with Crippen LogP contribution in [0, 0.1) is 0 Å². The molecule has 0 bridgehead atoms. The highest BCUT2D eigenvalue weighted by molar-refractivity contribution is 5.78. The number of piperazine rings is 1. The molecule has 0 radical (unpaired) electrons. The zero-order valence-corrected chi connectivity index (χ0v) is 15.3. The Labute approximate surface area is 158 Å². The number of para-hydroxylation sites is 2. The molecule has 0 spiro atoms. The minimum absolute atomic E-state index is 0.272. The predicted octanol–water partition coefficient (Wildman–Crippen LogP) is 3.60. The van der Waals surface area contributed by atoms with E-state index in [1.807, 2.05) is 29.2 Å². The molecule has 1 fully saturated rings. The summed E-state index contributed by atoms with van der Waals surface area (Å²) in [5.74, 6) is 0.651. The van der Waals surface area contributed by atoms with Crippen LogP contribution in [0.5, 0.6) is 0 Å². The van der Waals surface area contributed by atoms with E-state index in [-0.39, 0.29) is 5.91 Å². The number of amides is 1. The standard InChI is InChI=1S/C22H23N3O2/c26-21(15-17-10-9-16-5-1-2-6-18(16)17)24-11-13-25(14-12-24)22-23-19-7-3-4-8-20(19)27-22/h1-8,17H,9-15H2/t17-/m0/s1. The average molecular weight is 361 g/mol. The number of hydrogen-bond acceptors (Lipinski definition) is 4. The molecule has 27 heavy (non-hydrogen) atoms. The number of rotatable bonds is 3. The van der Waals surface area contributed by atoms with Gasteiger partial charge in [-0.1, -0.05) is 36.4 Å². The summed E-state index contributed by atoms with van der Waals surface area (Å²) in [6.45, 7) is 2.98. The first kappa shape index (κ1) is 16.4. The van der Waals surface area contributed by atoms with E-state index in [1.54, 1.807) is 0 Å². The summed E-state index contributed by atoms with van der Waals surface area (Å²) in [6, 6.07) is 17.0. The molecular formula is C22H23N3O2. The number of aromatic nitrogens is 1. The van der Waals surface area contributed by atoms with Crippen molar-refractivity contribution in [2.45, 2.75) is 25.2 Å². The van der Waals surface area contributed by atoms with Gasteiger partial charge < -0.3 is 14.2 Å². The van der Waals surface area contributed by atoms with Gasteiger partial charge in [-0.2, -0.15) is 4.98 Å². The number of aryl methyl sites for hydroxylation is 1. The van der Waals surface area contributed by atoms with Gasteiger partial charge in [0, 0.05) is 32.6 Å². The number of anilines is 1. The van der Waals surface area contributed by atoms with Crippen molar-refractivity contribution in [1.29, 1.82) is 0 Å². The topological polar surface area (TPSA) is 49.6 Å². The quantitative estimate of drug-likeness (QED) is 0.715. The second-order valence-electron chi connectivity index (χ2n) is 7.47. The van der Waals surface area contributed by atoms with Gasteiger partial charge in [-0.3, -0.25) is 4.79 Å². The summed E-state index contributed by atoms with van der Waals surface area (Å²) < 4.78 is 5.86. The Morgan fingerprint density at radius 2 is 1.81 bits per heavy atom. The fourth-order valence-electron chi connectivity index (χ4n) is 4.34. The largest absolute Gasteiger partial charge is 0.423 e. The lowest BCUT2D eigenvalue weighted by molar-refractivity contribution is -0.131. The molecule has 0 unspecified atom stereocenters. The Morgan fingerprint density at radius 1 is 1.04 bits per heavy atom. The molecule has 5 rings (SSSR count). The summed E-state index contributed by atoms with van der Waals surface area (Å²) in [4.78, 5) is 21.5. The van der Waals surface area contributed by atoms with Crippen molar-refractivity contribution in [3.05, 3.63) is 59.7 Å². The van der Waals surface area contributed by atoms with Crippen molar-refractivity contribution in [2.24, 2.45) is 0 Å². The van der Waals surface area contributed by atoms with Crippen LogP contribution < -0.4 is 4.90 Å². The van der Waals surface area contributed by atoms with Crippen LogP contribution >= 0.6 is 0 Å². The van der Waals surface area contributed by atoms with Gasteiger partial charge in [0.2, 0.25) is 5.91 Å². The first-order valence-electron chi connectivity index (χ1n) is 9.74. The number of carbonyl (C=O) groups excluding carboxylic acids is 1. The molecule has 5 heteroatoms. The van der Waals surface area contributed by atoms with E-state index in [2.05, 4.69) is 34.1 Å². The minimum Gasteiger partial charge on any atom is -0.423 e. The summed E-state index contributed by atoms with van der Waals surface area (Å²) in [5.41, 5.74) is 4.48. The molecule has 1 aromatic heterocycles. The van der Waals surface area contributed by atoms with Gasteiger partial charge in [0.25, 0.3) is 6.01 Å². The molecule has 1 aliphatic carbocycles. The van der Waals surface area contributed by atoms with Crippen molar-refractivity contribution in [2.75, 3.05) is 31.1 Å². The molecule has 2 aromatic carbocycles. The van der Waals surface area contributed by atoms with E-state index in [0.29, 0.717) is 18.4 Å². The summed E-state index contributed by atoms with van der Waals surface area (Å²) in [6.07, 6.45) is 2.81. The summed E-state index contributed by atoms with van der Waals surface area (Å²) in [5, 5.41) is 0. The van der Waals surface area contributed by atoms with Crippen LogP contribution in [0.25, 0.3) is 11.1 Å². The van der Waals surface area contributed by atoms with Gasteiger partial charge >= 0.3 is 0 Å². The molecule has 1 atom stereocenters. The normalized spacial score (nSPS) is 19.5. The fourth-order valence-corrected chi connectivity index (χ4v) is 4.34. The highest BCUT2D eigenvalue weighted by Crippen LogP contribution is 2.35. The molecule has 138 valence electrons. The molecule has 3 aromatic rings. The average Bonchev–Trinajstić information content (AvgIpc) is 3.32. The molecule has 1 aliphatic heterocycles. The van der Waals surface area contributed by atoms with Crippen LogP contribution in [0.15, 0.2) is 52.9 Å². The van der Waals surface area contributed by atoms with Crippen LogP contribution in [0.4, 0.5) is 6.01 Å². The lowest BCUT2D eigenvalue weighted by atomic mass is 9.97. The number of carbonyl (C=O) groups is 1. The zero-order valence-electron chi connectivity index (χ0n) is 15.3. The van der Waals surface area contributed by atoms with Gasteiger partial charge in [-0.25, -0.2) is 0 Å². The van der Waals surface area contributed by atoms with E-state index >= 15 is 0 Å². The SMILES string of the molecule is O=C(C[C@@H]1CCc2ccccc21)N1CCN(c2nc3ccccc3o2)CC1. The Morgan fingerprint density at radius 3 is 2.67 bits per heavy atom. The van der Waals surface area contributed by atoms with E-state index < -0.39 is 0 Å². The van der Waals surface area contributed by atoms with Crippen LogP contribution in [0.2, 0.25) is 0 Å². The van der Waals surface area contributed by atoms with E-state index in [4.69, 9.17) is 4.42 Å². The smallest absolute Gasteiger partial charge is 0.298 e. The monoisotopic (exact) mass is 361 g/mol. The van der Waals surface area contributed by atoms with Gasteiger partial charge in [-0.15, -0.1) is 0 Å². The second-order valence-corrected chi connectivity index (χ2v) is 7.47. The van der Waals surface area contributed by atoms with Crippen LogP contribution in [0.3, 0.4) is 0 Å². The van der Waals surface area contributed by atoms with E-state index in [0.717, 1.165) is 50.1 Å². The van der Waals surface area contributed by atoms with Crippen molar-refractivity contribution >= 4 is 23.0 Å². The van der Waals surface area contributed by atoms with Gasteiger partial charge in [0.05, 0.1) is 0 Å². The molecule has 0 N–H and O–H groups in total. The van der Waals surface area contributed by atoms with Gasteiger partial charge in [0.15, 0.2) is 5.58 Å². The highest BCUT2D eigenvalue weighted by atomic mass is 16.4. The van der Waals surface area contributed by atoms with Crippen molar-refractivity contribution in [1.82, 2.24) is 9.88 Å². The Kier molecular flexibility index (Phi) is 4.07. The second kappa shape index (κ2) is 6.72. The van der Waals surface area contributed by atoms with Crippen LogP contribution in [0.1, 0.15) is 29.9 Å². The molecule has 2 aliphatic rings. The lowest BCUT2D eigenvalue weighted by Crippen LogP contribution is -2.49. The molecule has 1 amide bonds. The number of nitrogens with zero attached hydrogens (tertiary/aromatic N) is 3. The first-order valence-corrected chi connectivity index (χ1v) is 9.74. The maximum atomic E-state index is 12.8. The summed E-state index contributed by atoms with van der Waals surface area (Å²) >= 11 is 0. The summed E-state index contributed by atoms with van der Waals surface area (Å²) in [7, 11) is 0. The fraction of sp³-hybridized carbons (Fsp3) is 0.364. The highest BCUT2D eigenvalue weighted by Gasteiger charge is 2.29. The van der Waals surface area contributed by atoms with E-state index in [9.17, 15) is 4.79 Å².